The minimum absolute atomic E-state index is 0.502. The molecule has 102 valence electrons. The Kier molecular flexibility index (Phi) is 4.76. The van der Waals surface area contributed by atoms with Crippen molar-refractivity contribution in [1.29, 1.82) is 0 Å². The maximum absolute atomic E-state index is 4.33. The van der Waals surface area contributed by atoms with Crippen LogP contribution < -0.4 is 5.32 Å². The van der Waals surface area contributed by atoms with Crippen LogP contribution >= 0.6 is 11.3 Å². The fraction of sp³-hybridized carbons (Fsp3) is 0.786. The average molecular weight is 267 g/mol. The molecule has 1 aromatic heterocycles. The number of hydrogen-bond donors (Lipinski definition) is 1. The number of nitrogens with zero attached hydrogens (tertiary/aromatic N) is 2. The van der Waals surface area contributed by atoms with Crippen LogP contribution in [0.1, 0.15) is 36.8 Å². The second kappa shape index (κ2) is 6.13. The van der Waals surface area contributed by atoms with Crippen molar-refractivity contribution in [2.45, 2.75) is 39.7 Å². The number of aromatic nitrogens is 1. The van der Waals surface area contributed by atoms with Gasteiger partial charge in [0.2, 0.25) is 0 Å². The van der Waals surface area contributed by atoms with Gasteiger partial charge in [0.25, 0.3) is 0 Å². The van der Waals surface area contributed by atoms with Gasteiger partial charge in [0.15, 0.2) is 0 Å². The van der Waals surface area contributed by atoms with Gasteiger partial charge in [0, 0.05) is 24.5 Å². The standard InChI is InChI=1S/C14H25N3S/c1-4-5-14(6-7-15-9-14)10-17(3)8-13-12(2)16-11-18-13/h11,15H,4-10H2,1-3H3. The molecule has 1 saturated heterocycles. The van der Waals surface area contributed by atoms with Crippen molar-refractivity contribution >= 4 is 11.3 Å². The van der Waals surface area contributed by atoms with Crippen LogP contribution in [0.15, 0.2) is 5.51 Å². The Labute approximate surface area is 115 Å². The lowest BCUT2D eigenvalue weighted by molar-refractivity contribution is 0.173. The maximum atomic E-state index is 4.33. The van der Waals surface area contributed by atoms with E-state index in [1.165, 1.54) is 49.5 Å². The van der Waals surface area contributed by atoms with Gasteiger partial charge in [-0.05, 0) is 38.8 Å². The van der Waals surface area contributed by atoms with Gasteiger partial charge < -0.3 is 10.2 Å². The molecular weight excluding hydrogens is 242 g/mol. The monoisotopic (exact) mass is 267 g/mol. The molecule has 0 bridgehead atoms. The summed E-state index contributed by atoms with van der Waals surface area (Å²) < 4.78 is 0. The Bertz CT molecular complexity index is 369. The summed E-state index contributed by atoms with van der Waals surface area (Å²) >= 11 is 1.78. The molecule has 0 saturated carbocycles. The van der Waals surface area contributed by atoms with Crippen molar-refractivity contribution in [3.8, 4) is 0 Å². The van der Waals surface area contributed by atoms with Gasteiger partial charge >= 0.3 is 0 Å². The highest BCUT2D eigenvalue weighted by Gasteiger charge is 2.33. The lowest BCUT2D eigenvalue weighted by atomic mass is 9.82. The SMILES string of the molecule is CCCC1(CN(C)Cc2scnc2C)CCNC1. The minimum Gasteiger partial charge on any atom is -0.316 e. The lowest BCUT2D eigenvalue weighted by Crippen LogP contribution is -2.37. The molecule has 0 aromatic carbocycles. The summed E-state index contributed by atoms with van der Waals surface area (Å²) in [5, 5.41) is 3.54. The Hall–Kier alpha value is -0.450. The van der Waals surface area contributed by atoms with Crippen LogP contribution in [0.25, 0.3) is 0 Å². The Morgan fingerprint density at radius 1 is 1.56 bits per heavy atom. The lowest BCUT2D eigenvalue weighted by Gasteiger charge is -2.32. The van der Waals surface area contributed by atoms with Gasteiger partial charge in [-0.25, -0.2) is 4.98 Å². The highest BCUT2D eigenvalue weighted by molar-refractivity contribution is 7.09. The molecule has 1 N–H and O–H groups in total. The van der Waals surface area contributed by atoms with Crippen LogP contribution in [0, 0.1) is 12.3 Å². The predicted octanol–water partition coefficient (Wildman–Crippen LogP) is 2.66. The molecule has 1 unspecified atom stereocenters. The van der Waals surface area contributed by atoms with Gasteiger partial charge in [-0.1, -0.05) is 13.3 Å². The maximum Gasteiger partial charge on any atom is 0.0798 e. The predicted molar refractivity (Wildman–Crippen MR) is 78.0 cm³/mol. The van der Waals surface area contributed by atoms with Crippen LogP contribution in [0.2, 0.25) is 0 Å². The Morgan fingerprint density at radius 3 is 2.94 bits per heavy atom. The molecule has 2 rings (SSSR count). The topological polar surface area (TPSA) is 28.2 Å². The van der Waals surface area contributed by atoms with E-state index in [1.54, 1.807) is 11.3 Å². The zero-order chi connectivity index (χ0) is 13.0. The zero-order valence-electron chi connectivity index (χ0n) is 11.8. The van der Waals surface area contributed by atoms with E-state index in [2.05, 4.69) is 36.1 Å². The first kappa shape index (κ1) is 14.0. The zero-order valence-corrected chi connectivity index (χ0v) is 12.6. The molecule has 0 amide bonds. The second-order valence-electron chi connectivity index (χ2n) is 5.71. The Morgan fingerprint density at radius 2 is 2.39 bits per heavy atom. The summed E-state index contributed by atoms with van der Waals surface area (Å²) in [6.45, 7) is 9.03. The molecule has 1 atom stereocenters. The number of thiazole rings is 1. The van der Waals surface area contributed by atoms with E-state index < -0.39 is 0 Å². The van der Waals surface area contributed by atoms with Crippen molar-refractivity contribution in [2.24, 2.45) is 5.41 Å². The molecule has 0 radical (unpaired) electrons. The van der Waals surface area contributed by atoms with E-state index in [0.29, 0.717) is 5.41 Å². The number of aryl methyl sites for hydroxylation is 1. The van der Waals surface area contributed by atoms with Crippen molar-refractivity contribution in [3.05, 3.63) is 16.1 Å². The van der Waals surface area contributed by atoms with E-state index >= 15 is 0 Å². The van der Waals surface area contributed by atoms with Gasteiger partial charge in [-0.15, -0.1) is 11.3 Å². The number of rotatable bonds is 6. The number of nitrogens with one attached hydrogen (secondary N) is 1. The molecule has 0 spiro atoms. The van der Waals surface area contributed by atoms with Crippen molar-refractivity contribution in [2.75, 3.05) is 26.7 Å². The second-order valence-corrected chi connectivity index (χ2v) is 6.65. The van der Waals surface area contributed by atoms with E-state index in [9.17, 15) is 0 Å². The molecule has 2 heterocycles. The molecule has 1 aromatic rings. The quantitative estimate of drug-likeness (QED) is 0.859. The summed E-state index contributed by atoms with van der Waals surface area (Å²) in [7, 11) is 2.24. The third kappa shape index (κ3) is 3.31. The van der Waals surface area contributed by atoms with Crippen LogP contribution in [-0.2, 0) is 6.54 Å². The first-order valence-corrected chi connectivity index (χ1v) is 7.81. The van der Waals surface area contributed by atoms with Gasteiger partial charge in [0.1, 0.15) is 0 Å². The fourth-order valence-corrected chi connectivity index (χ4v) is 3.96. The molecule has 3 nitrogen and oxygen atoms in total. The summed E-state index contributed by atoms with van der Waals surface area (Å²) in [4.78, 5) is 8.22. The van der Waals surface area contributed by atoms with E-state index in [4.69, 9.17) is 0 Å². The summed E-state index contributed by atoms with van der Waals surface area (Å²) in [6.07, 6.45) is 3.95. The largest absolute Gasteiger partial charge is 0.316 e. The molecule has 18 heavy (non-hydrogen) atoms. The summed E-state index contributed by atoms with van der Waals surface area (Å²) in [5.74, 6) is 0. The van der Waals surface area contributed by atoms with Gasteiger partial charge in [0.05, 0.1) is 11.2 Å². The molecule has 1 fully saturated rings. The average Bonchev–Trinajstić information content (AvgIpc) is 2.90. The van der Waals surface area contributed by atoms with Crippen molar-refractivity contribution < 1.29 is 0 Å². The first-order valence-electron chi connectivity index (χ1n) is 6.93. The van der Waals surface area contributed by atoms with E-state index in [-0.39, 0.29) is 0 Å². The molecule has 1 aliphatic heterocycles. The minimum atomic E-state index is 0.502. The summed E-state index contributed by atoms with van der Waals surface area (Å²) in [6, 6.07) is 0. The van der Waals surface area contributed by atoms with E-state index in [0.717, 1.165) is 6.54 Å². The molecule has 1 aliphatic rings. The van der Waals surface area contributed by atoms with Crippen LogP contribution in [-0.4, -0.2) is 36.6 Å². The van der Waals surface area contributed by atoms with Gasteiger partial charge in [-0.2, -0.15) is 0 Å². The normalized spacial score (nSPS) is 24.0. The molecular formula is C14H25N3S. The third-order valence-corrected chi connectivity index (χ3v) is 4.90. The fourth-order valence-electron chi connectivity index (χ4n) is 3.10. The number of hydrogen-bond acceptors (Lipinski definition) is 4. The van der Waals surface area contributed by atoms with Gasteiger partial charge in [-0.3, -0.25) is 0 Å². The summed E-state index contributed by atoms with van der Waals surface area (Å²) in [5.41, 5.74) is 3.65. The van der Waals surface area contributed by atoms with E-state index in [1.807, 2.05) is 5.51 Å². The molecule has 0 aliphatic carbocycles. The van der Waals surface area contributed by atoms with Crippen molar-refractivity contribution in [1.82, 2.24) is 15.2 Å². The van der Waals surface area contributed by atoms with Crippen molar-refractivity contribution in [3.63, 3.8) is 0 Å². The van der Waals surface area contributed by atoms with Crippen LogP contribution in [0.4, 0.5) is 0 Å². The first-order chi connectivity index (χ1) is 8.65. The van der Waals surface area contributed by atoms with Crippen LogP contribution in [0.3, 0.4) is 0 Å². The third-order valence-electron chi connectivity index (χ3n) is 3.98. The highest BCUT2D eigenvalue weighted by atomic mass is 32.1. The highest BCUT2D eigenvalue weighted by Crippen LogP contribution is 2.32. The molecule has 4 heteroatoms. The smallest absolute Gasteiger partial charge is 0.0798 e. The van der Waals surface area contributed by atoms with Crippen LogP contribution in [0.5, 0.6) is 0 Å². The Balaban J connectivity index is 1.93.